The van der Waals surface area contributed by atoms with Crippen molar-refractivity contribution in [2.45, 2.75) is 17.0 Å². The third-order valence-corrected chi connectivity index (χ3v) is 3.97. The molecule has 0 spiro atoms. The lowest BCUT2D eigenvalue weighted by molar-refractivity contribution is 0.112. The molecule has 0 saturated heterocycles. The normalized spacial score (nSPS) is 10.7. The first-order valence-electron chi connectivity index (χ1n) is 6.65. The van der Waals surface area contributed by atoms with Crippen LogP contribution in [0.3, 0.4) is 0 Å². The summed E-state index contributed by atoms with van der Waals surface area (Å²) < 4.78 is 5.48. The predicted molar refractivity (Wildman–Crippen MR) is 83.2 cm³/mol. The molecule has 0 atom stereocenters. The van der Waals surface area contributed by atoms with Crippen LogP contribution >= 0.6 is 11.8 Å². The average molecular weight is 298 g/mol. The van der Waals surface area contributed by atoms with Crippen LogP contribution in [-0.4, -0.2) is 22.9 Å². The molecule has 0 aliphatic carbocycles. The Morgan fingerprint density at radius 2 is 2.14 bits per heavy atom. The summed E-state index contributed by atoms with van der Waals surface area (Å²) in [5, 5.41) is 0.757. The first kappa shape index (κ1) is 13.7. The maximum atomic E-state index is 11.0. The number of rotatable bonds is 5. The molecule has 0 bridgehead atoms. The van der Waals surface area contributed by atoms with Crippen molar-refractivity contribution in [2.24, 2.45) is 0 Å². The molecule has 0 fully saturated rings. The number of aromatic nitrogens is 2. The Balaban J connectivity index is 1.92. The smallest absolute Gasteiger partial charge is 0.171 e. The van der Waals surface area contributed by atoms with Gasteiger partial charge >= 0.3 is 0 Å². The number of carbonyl (C=O) groups is 1. The van der Waals surface area contributed by atoms with Gasteiger partial charge in [0.15, 0.2) is 11.4 Å². The van der Waals surface area contributed by atoms with Gasteiger partial charge in [0.2, 0.25) is 0 Å². The summed E-state index contributed by atoms with van der Waals surface area (Å²) in [6.07, 6.45) is 0.859. The number of H-pyrrole nitrogens is 1. The summed E-state index contributed by atoms with van der Waals surface area (Å²) in [5.41, 5.74) is 2.47. The molecule has 5 heteroatoms. The number of carbonyl (C=O) groups excluding carboxylic acids is 1. The molecule has 0 aliphatic heterocycles. The van der Waals surface area contributed by atoms with Gasteiger partial charge in [0.05, 0.1) is 17.6 Å². The quantitative estimate of drug-likeness (QED) is 0.725. The van der Waals surface area contributed by atoms with E-state index in [-0.39, 0.29) is 0 Å². The highest BCUT2D eigenvalue weighted by Gasteiger charge is 2.08. The zero-order valence-corrected chi connectivity index (χ0v) is 12.3. The van der Waals surface area contributed by atoms with Gasteiger partial charge in [-0.25, -0.2) is 4.98 Å². The molecule has 0 unspecified atom stereocenters. The van der Waals surface area contributed by atoms with Gasteiger partial charge in [0, 0.05) is 16.5 Å². The zero-order valence-electron chi connectivity index (χ0n) is 11.5. The Labute approximate surface area is 126 Å². The second-order valence-corrected chi connectivity index (χ2v) is 5.44. The number of nitrogens with zero attached hydrogens (tertiary/aromatic N) is 1. The highest BCUT2D eigenvalue weighted by Crippen LogP contribution is 2.30. The molecule has 1 heterocycles. The molecular weight excluding hydrogens is 284 g/mol. The first-order chi connectivity index (χ1) is 10.3. The monoisotopic (exact) mass is 298 g/mol. The highest BCUT2D eigenvalue weighted by atomic mass is 32.2. The second-order valence-electron chi connectivity index (χ2n) is 4.41. The van der Waals surface area contributed by atoms with Gasteiger partial charge in [-0.3, -0.25) is 4.79 Å². The van der Waals surface area contributed by atoms with Crippen LogP contribution in [0.1, 0.15) is 17.3 Å². The summed E-state index contributed by atoms with van der Waals surface area (Å²) in [5.74, 6) is 0.818. The van der Waals surface area contributed by atoms with Gasteiger partial charge in [0.25, 0.3) is 0 Å². The van der Waals surface area contributed by atoms with E-state index in [4.69, 9.17) is 4.74 Å². The van der Waals surface area contributed by atoms with Gasteiger partial charge in [0.1, 0.15) is 5.75 Å². The van der Waals surface area contributed by atoms with E-state index >= 15 is 0 Å². The van der Waals surface area contributed by atoms with Crippen molar-refractivity contribution in [3.63, 3.8) is 0 Å². The predicted octanol–water partition coefficient (Wildman–Crippen LogP) is 3.93. The minimum atomic E-state index is 0.633. The van der Waals surface area contributed by atoms with Gasteiger partial charge in [-0.05, 0) is 25.1 Å². The maximum Gasteiger partial charge on any atom is 0.171 e. The Hall–Kier alpha value is -2.27. The standard InChI is InChI=1S/C16H14N2O2S/c1-2-20-12-7-8-13-14(9-12)18-16(17-13)21-15-6-4-3-5-11(15)10-19/h3-10H,2H2,1H3,(H,17,18). The largest absolute Gasteiger partial charge is 0.494 e. The molecule has 2 aromatic carbocycles. The molecule has 4 nitrogen and oxygen atoms in total. The van der Waals surface area contributed by atoms with Crippen LogP contribution in [0.2, 0.25) is 0 Å². The Kier molecular flexibility index (Phi) is 3.92. The number of fused-ring (bicyclic) bond motifs is 1. The van der Waals surface area contributed by atoms with Gasteiger partial charge in [-0.15, -0.1) is 0 Å². The van der Waals surface area contributed by atoms with Gasteiger partial charge in [-0.1, -0.05) is 30.0 Å². The van der Waals surface area contributed by atoms with Crippen LogP contribution in [0.25, 0.3) is 11.0 Å². The Morgan fingerprint density at radius 1 is 1.29 bits per heavy atom. The van der Waals surface area contributed by atoms with E-state index in [1.54, 1.807) is 6.07 Å². The summed E-state index contributed by atoms with van der Waals surface area (Å²) in [4.78, 5) is 19.7. The van der Waals surface area contributed by atoms with E-state index in [1.807, 2.05) is 43.3 Å². The Bertz CT molecular complexity index is 783. The lowest BCUT2D eigenvalue weighted by atomic mass is 10.2. The summed E-state index contributed by atoms with van der Waals surface area (Å²) in [6, 6.07) is 13.2. The molecule has 3 aromatic rings. The third kappa shape index (κ3) is 2.92. The van der Waals surface area contributed by atoms with Crippen LogP contribution in [0, 0.1) is 0 Å². The van der Waals surface area contributed by atoms with E-state index in [2.05, 4.69) is 9.97 Å². The van der Waals surface area contributed by atoms with E-state index in [1.165, 1.54) is 11.8 Å². The molecule has 1 N–H and O–H groups in total. The maximum absolute atomic E-state index is 11.0. The van der Waals surface area contributed by atoms with Crippen molar-refractivity contribution < 1.29 is 9.53 Å². The third-order valence-electron chi connectivity index (χ3n) is 3.00. The van der Waals surface area contributed by atoms with Crippen molar-refractivity contribution >= 4 is 29.1 Å². The molecule has 0 radical (unpaired) electrons. The summed E-state index contributed by atoms with van der Waals surface area (Å²) >= 11 is 1.45. The lowest BCUT2D eigenvalue weighted by Gasteiger charge is -2.01. The fourth-order valence-electron chi connectivity index (χ4n) is 2.05. The van der Waals surface area contributed by atoms with E-state index < -0.39 is 0 Å². The molecule has 21 heavy (non-hydrogen) atoms. The van der Waals surface area contributed by atoms with E-state index in [0.29, 0.717) is 12.2 Å². The van der Waals surface area contributed by atoms with Crippen molar-refractivity contribution in [2.75, 3.05) is 6.61 Å². The van der Waals surface area contributed by atoms with Crippen LogP contribution in [0.4, 0.5) is 0 Å². The molecule has 3 rings (SSSR count). The van der Waals surface area contributed by atoms with Gasteiger partial charge < -0.3 is 9.72 Å². The first-order valence-corrected chi connectivity index (χ1v) is 7.46. The summed E-state index contributed by atoms with van der Waals surface area (Å²) in [6.45, 7) is 2.59. The minimum absolute atomic E-state index is 0.633. The van der Waals surface area contributed by atoms with Crippen molar-refractivity contribution in [3.05, 3.63) is 48.0 Å². The molecule has 0 saturated carbocycles. The van der Waals surface area contributed by atoms with Crippen LogP contribution in [0.5, 0.6) is 5.75 Å². The number of hydrogen-bond donors (Lipinski definition) is 1. The van der Waals surface area contributed by atoms with Crippen molar-refractivity contribution in [1.29, 1.82) is 0 Å². The summed E-state index contributed by atoms with van der Waals surface area (Å²) in [7, 11) is 0. The van der Waals surface area contributed by atoms with Crippen LogP contribution < -0.4 is 4.74 Å². The number of aldehydes is 1. The zero-order chi connectivity index (χ0) is 14.7. The molecular formula is C16H14N2O2S. The number of hydrogen-bond acceptors (Lipinski definition) is 4. The van der Waals surface area contributed by atoms with Crippen LogP contribution in [0.15, 0.2) is 52.5 Å². The van der Waals surface area contributed by atoms with Crippen LogP contribution in [-0.2, 0) is 0 Å². The molecule has 0 aliphatic rings. The lowest BCUT2D eigenvalue weighted by Crippen LogP contribution is -1.90. The fraction of sp³-hybridized carbons (Fsp3) is 0.125. The van der Waals surface area contributed by atoms with E-state index in [0.717, 1.165) is 33.1 Å². The molecule has 0 amide bonds. The number of nitrogens with one attached hydrogen (secondary N) is 1. The minimum Gasteiger partial charge on any atom is -0.494 e. The van der Waals surface area contributed by atoms with Crippen molar-refractivity contribution in [1.82, 2.24) is 9.97 Å². The second kappa shape index (κ2) is 6.01. The highest BCUT2D eigenvalue weighted by molar-refractivity contribution is 7.99. The fourth-order valence-corrected chi connectivity index (χ4v) is 2.94. The Morgan fingerprint density at radius 3 is 2.95 bits per heavy atom. The number of imidazole rings is 1. The van der Waals surface area contributed by atoms with Crippen molar-refractivity contribution in [3.8, 4) is 5.75 Å². The topological polar surface area (TPSA) is 55.0 Å². The number of aromatic amines is 1. The van der Waals surface area contributed by atoms with Gasteiger partial charge in [-0.2, -0.15) is 0 Å². The SMILES string of the molecule is CCOc1ccc2nc(Sc3ccccc3C=O)[nH]c2c1. The molecule has 1 aromatic heterocycles. The molecule has 106 valence electrons. The van der Waals surface area contributed by atoms with E-state index in [9.17, 15) is 4.79 Å². The average Bonchev–Trinajstić information content (AvgIpc) is 2.89. The number of ether oxygens (including phenoxy) is 1. The number of benzene rings is 2.